The van der Waals surface area contributed by atoms with Crippen molar-refractivity contribution < 1.29 is 0 Å². The molecule has 1 aliphatic rings. The first-order chi connectivity index (χ1) is 5.15. The first kappa shape index (κ1) is 8.97. The van der Waals surface area contributed by atoms with Crippen LogP contribution >= 0.6 is 0 Å². The van der Waals surface area contributed by atoms with E-state index >= 15 is 0 Å². The van der Waals surface area contributed by atoms with Crippen LogP contribution in [0.5, 0.6) is 0 Å². The standard InChI is InChI=1S/C8H19N3/c1-6-5-7(2)11(4)8(9-3)10-6/h6-10H,5H2,1-4H3. The minimum absolute atomic E-state index is 0.341. The molecule has 1 rings (SSSR count). The van der Waals surface area contributed by atoms with Crippen molar-refractivity contribution >= 4 is 0 Å². The first-order valence-corrected chi connectivity index (χ1v) is 4.30. The summed E-state index contributed by atoms with van der Waals surface area (Å²) >= 11 is 0. The van der Waals surface area contributed by atoms with Crippen molar-refractivity contribution in [2.45, 2.75) is 38.6 Å². The summed E-state index contributed by atoms with van der Waals surface area (Å²) < 4.78 is 0. The maximum atomic E-state index is 3.46. The largest absolute Gasteiger partial charge is 0.293 e. The Bertz CT molecular complexity index is 127. The maximum Gasteiger partial charge on any atom is 0.114 e. The van der Waals surface area contributed by atoms with Crippen LogP contribution in [-0.2, 0) is 0 Å². The second-order valence-electron chi connectivity index (χ2n) is 3.51. The number of hydrogen-bond donors (Lipinski definition) is 2. The molecule has 3 unspecified atom stereocenters. The predicted octanol–water partition coefficient (Wildman–Crippen LogP) is 0.191. The third kappa shape index (κ3) is 1.92. The van der Waals surface area contributed by atoms with Crippen LogP contribution in [-0.4, -0.2) is 37.4 Å². The molecule has 3 atom stereocenters. The van der Waals surface area contributed by atoms with Crippen molar-refractivity contribution in [1.82, 2.24) is 15.5 Å². The molecule has 0 spiro atoms. The van der Waals surface area contributed by atoms with E-state index in [2.05, 4.69) is 36.4 Å². The van der Waals surface area contributed by atoms with Gasteiger partial charge < -0.3 is 0 Å². The Morgan fingerprint density at radius 2 is 2.09 bits per heavy atom. The van der Waals surface area contributed by atoms with E-state index in [1.54, 1.807) is 0 Å². The van der Waals surface area contributed by atoms with Crippen LogP contribution in [0.4, 0.5) is 0 Å². The van der Waals surface area contributed by atoms with Crippen molar-refractivity contribution in [2.24, 2.45) is 0 Å². The van der Waals surface area contributed by atoms with E-state index in [1.165, 1.54) is 6.42 Å². The molecule has 1 aliphatic heterocycles. The van der Waals surface area contributed by atoms with E-state index in [9.17, 15) is 0 Å². The van der Waals surface area contributed by atoms with Crippen molar-refractivity contribution in [2.75, 3.05) is 14.1 Å². The summed E-state index contributed by atoms with van der Waals surface area (Å²) in [6, 6.07) is 1.29. The van der Waals surface area contributed by atoms with Crippen LogP contribution in [0.15, 0.2) is 0 Å². The molecule has 0 aliphatic carbocycles. The van der Waals surface area contributed by atoms with Crippen LogP contribution in [0.1, 0.15) is 20.3 Å². The van der Waals surface area contributed by atoms with Gasteiger partial charge >= 0.3 is 0 Å². The second-order valence-corrected chi connectivity index (χ2v) is 3.51. The molecule has 11 heavy (non-hydrogen) atoms. The van der Waals surface area contributed by atoms with Gasteiger partial charge in [-0.15, -0.1) is 0 Å². The molecule has 0 amide bonds. The molecule has 1 saturated heterocycles. The third-order valence-electron chi connectivity index (χ3n) is 2.51. The highest BCUT2D eigenvalue weighted by Crippen LogP contribution is 2.12. The Morgan fingerprint density at radius 3 is 2.64 bits per heavy atom. The molecule has 0 saturated carbocycles. The first-order valence-electron chi connectivity index (χ1n) is 4.30. The number of nitrogens with one attached hydrogen (secondary N) is 2. The third-order valence-corrected chi connectivity index (χ3v) is 2.51. The Morgan fingerprint density at radius 1 is 1.45 bits per heavy atom. The summed E-state index contributed by atoms with van der Waals surface area (Å²) in [6.45, 7) is 4.50. The molecule has 3 nitrogen and oxygen atoms in total. The van der Waals surface area contributed by atoms with E-state index in [-0.39, 0.29) is 0 Å². The van der Waals surface area contributed by atoms with Crippen LogP contribution in [0, 0.1) is 0 Å². The molecular weight excluding hydrogens is 138 g/mol. The zero-order chi connectivity index (χ0) is 8.43. The fourth-order valence-corrected chi connectivity index (χ4v) is 1.67. The molecule has 2 N–H and O–H groups in total. The van der Waals surface area contributed by atoms with E-state index in [4.69, 9.17) is 0 Å². The highest BCUT2D eigenvalue weighted by Gasteiger charge is 2.26. The minimum atomic E-state index is 0.341. The molecule has 1 heterocycles. The lowest BCUT2D eigenvalue weighted by Crippen LogP contribution is -2.62. The van der Waals surface area contributed by atoms with Crippen molar-refractivity contribution in [3.05, 3.63) is 0 Å². The van der Waals surface area contributed by atoms with Gasteiger partial charge in [-0.3, -0.25) is 15.5 Å². The van der Waals surface area contributed by atoms with E-state index in [1.807, 2.05) is 7.05 Å². The normalized spacial score (nSPS) is 40.9. The zero-order valence-electron chi connectivity index (χ0n) is 7.89. The molecular formula is C8H19N3. The summed E-state index contributed by atoms with van der Waals surface area (Å²) in [7, 11) is 4.13. The Labute approximate surface area is 69.1 Å². The van der Waals surface area contributed by atoms with Crippen LogP contribution in [0.25, 0.3) is 0 Å². The lowest BCUT2D eigenvalue weighted by molar-refractivity contribution is 0.0689. The van der Waals surface area contributed by atoms with Crippen LogP contribution in [0.2, 0.25) is 0 Å². The van der Waals surface area contributed by atoms with Crippen molar-refractivity contribution in [1.29, 1.82) is 0 Å². The summed E-state index contributed by atoms with van der Waals surface area (Å²) in [5, 5.41) is 6.69. The topological polar surface area (TPSA) is 27.3 Å². The molecule has 66 valence electrons. The molecule has 0 aromatic carbocycles. The van der Waals surface area contributed by atoms with Gasteiger partial charge in [0.1, 0.15) is 6.29 Å². The van der Waals surface area contributed by atoms with Gasteiger partial charge in [0.25, 0.3) is 0 Å². The fraction of sp³-hybridized carbons (Fsp3) is 1.00. The molecule has 0 radical (unpaired) electrons. The average molecular weight is 157 g/mol. The summed E-state index contributed by atoms with van der Waals surface area (Å²) in [4.78, 5) is 2.32. The predicted molar refractivity (Wildman–Crippen MR) is 47.3 cm³/mol. The van der Waals surface area contributed by atoms with Crippen LogP contribution < -0.4 is 10.6 Å². The van der Waals surface area contributed by atoms with E-state index in [0.717, 1.165) is 0 Å². The lowest BCUT2D eigenvalue weighted by atomic mass is 10.1. The molecule has 0 aromatic rings. The monoisotopic (exact) mass is 157 g/mol. The van der Waals surface area contributed by atoms with Gasteiger partial charge in [0.2, 0.25) is 0 Å². The highest BCUT2D eigenvalue weighted by molar-refractivity contribution is 4.81. The maximum absolute atomic E-state index is 3.46. The molecule has 0 aromatic heterocycles. The number of nitrogens with zero attached hydrogens (tertiary/aromatic N) is 1. The van der Waals surface area contributed by atoms with Gasteiger partial charge in [0.15, 0.2) is 0 Å². The van der Waals surface area contributed by atoms with Gasteiger partial charge in [-0.05, 0) is 34.4 Å². The quantitative estimate of drug-likeness (QED) is 0.569. The van der Waals surface area contributed by atoms with Crippen LogP contribution in [0.3, 0.4) is 0 Å². The van der Waals surface area contributed by atoms with Gasteiger partial charge in [-0.2, -0.15) is 0 Å². The molecule has 0 bridgehead atoms. The van der Waals surface area contributed by atoms with Gasteiger partial charge in [0, 0.05) is 12.1 Å². The Hall–Kier alpha value is -0.120. The highest BCUT2D eigenvalue weighted by atomic mass is 15.4. The van der Waals surface area contributed by atoms with Gasteiger partial charge in [-0.25, -0.2) is 0 Å². The average Bonchev–Trinajstić information content (AvgIpc) is 1.96. The zero-order valence-corrected chi connectivity index (χ0v) is 7.89. The van der Waals surface area contributed by atoms with Crippen molar-refractivity contribution in [3.8, 4) is 0 Å². The lowest BCUT2D eigenvalue weighted by Gasteiger charge is -2.41. The smallest absolute Gasteiger partial charge is 0.114 e. The summed E-state index contributed by atoms with van der Waals surface area (Å²) in [5.41, 5.74) is 0. The van der Waals surface area contributed by atoms with E-state index < -0.39 is 0 Å². The minimum Gasteiger partial charge on any atom is -0.293 e. The Balaban J connectivity index is 2.51. The van der Waals surface area contributed by atoms with E-state index in [0.29, 0.717) is 18.4 Å². The number of rotatable bonds is 1. The molecule has 1 fully saturated rings. The SMILES string of the molecule is CNC1NC(C)CC(C)N1C. The van der Waals surface area contributed by atoms with Gasteiger partial charge in [-0.1, -0.05) is 0 Å². The number of hydrogen-bond acceptors (Lipinski definition) is 3. The summed E-state index contributed by atoms with van der Waals surface area (Å²) in [6.07, 6.45) is 1.57. The fourth-order valence-electron chi connectivity index (χ4n) is 1.67. The van der Waals surface area contributed by atoms with Gasteiger partial charge in [0.05, 0.1) is 0 Å². The Kier molecular flexibility index (Phi) is 2.87. The molecule has 3 heteroatoms. The summed E-state index contributed by atoms with van der Waals surface area (Å²) in [5.74, 6) is 0. The van der Waals surface area contributed by atoms with Crippen molar-refractivity contribution in [3.63, 3.8) is 0 Å². The second kappa shape index (κ2) is 3.52.